The zero-order valence-corrected chi connectivity index (χ0v) is 13.1. The Morgan fingerprint density at radius 1 is 1.18 bits per heavy atom. The standard InChI is InChI=1S/C16H21N5O/c1-13-9-18-21(11-13)12-16(22)20-7-5-19(6-8-20)15-10-17-4-3-14(15)2/h3-4,9-11H,5-8,12H2,1-2H3. The van der Waals surface area contributed by atoms with Gasteiger partial charge in [0, 0.05) is 38.6 Å². The summed E-state index contributed by atoms with van der Waals surface area (Å²) in [4.78, 5) is 20.7. The molecule has 0 unspecified atom stereocenters. The molecule has 6 heteroatoms. The Labute approximate surface area is 130 Å². The Kier molecular flexibility index (Phi) is 4.09. The Morgan fingerprint density at radius 3 is 2.59 bits per heavy atom. The molecule has 22 heavy (non-hydrogen) atoms. The van der Waals surface area contributed by atoms with Gasteiger partial charge in [-0.05, 0) is 31.0 Å². The van der Waals surface area contributed by atoms with E-state index < -0.39 is 0 Å². The third-order valence-electron chi connectivity index (χ3n) is 4.04. The molecule has 3 rings (SSSR count). The number of nitrogens with zero attached hydrogens (tertiary/aromatic N) is 5. The van der Waals surface area contributed by atoms with Crippen molar-refractivity contribution >= 4 is 11.6 Å². The number of anilines is 1. The van der Waals surface area contributed by atoms with E-state index in [-0.39, 0.29) is 5.91 Å². The maximum Gasteiger partial charge on any atom is 0.244 e. The summed E-state index contributed by atoms with van der Waals surface area (Å²) in [6, 6.07) is 2.02. The lowest BCUT2D eigenvalue weighted by Gasteiger charge is -2.36. The molecule has 1 amide bonds. The molecule has 1 aliphatic heterocycles. The summed E-state index contributed by atoms with van der Waals surface area (Å²) in [6.07, 6.45) is 7.38. The van der Waals surface area contributed by atoms with Crippen LogP contribution in [0.25, 0.3) is 0 Å². The van der Waals surface area contributed by atoms with Gasteiger partial charge in [0.15, 0.2) is 0 Å². The molecule has 0 N–H and O–H groups in total. The lowest BCUT2D eigenvalue weighted by atomic mass is 10.2. The van der Waals surface area contributed by atoms with Crippen LogP contribution in [0.4, 0.5) is 5.69 Å². The van der Waals surface area contributed by atoms with Gasteiger partial charge in [0.25, 0.3) is 0 Å². The van der Waals surface area contributed by atoms with Crippen LogP contribution >= 0.6 is 0 Å². The molecule has 1 saturated heterocycles. The Balaban J connectivity index is 1.57. The molecule has 0 saturated carbocycles. The molecule has 0 aromatic carbocycles. The molecule has 1 fully saturated rings. The number of piperazine rings is 1. The number of hydrogen-bond acceptors (Lipinski definition) is 4. The van der Waals surface area contributed by atoms with Crippen molar-refractivity contribution < 1.29 is 4.79 Å². The van der Waals surface area contributed by atoms with E-state index in [1.165, 1.54) is 5.56 Å². The number of aryl methyl sites for hydroxylation is 2. The van der Waals surface area contributed by atoms with Gasteiger partial charge in [0.05, 0.1) is 18.1 Å². The second kappa shape index (κ2) is 6.17. The van der Waals surface area contributed by atoms with Gasteiger partial charge in [-0.2, -0.15) is 5.10 Å². The summed E-state index contributed by atoms with van der Waals surface area (Å²) >= 11 is 0. The van der Waals surface area contributed by atoms with Crippen molar-refractivity contribution in [2.45, 2.75) is 20.4 Å². The highest BCUT2D eigenvalue weighted by atomic mass is 16.2. The first-order valence-corrected chi connectivity index (χ1v) is 7.56. The fraction of sp³-hybridized carbons (Fsp3) is 0.438. The largest absolute Gasteiger partial charge is 0.367 e. The number of carbonyl (C=O) groups excluding carboxylic acids is 1. The first-order chi connectivity index (χ1) is 10.6. The molecule has 0 atom stereocenters. The second-order valence-electron chi connectivity index (χ2n) is 5.75. The van der Waals surface area contributed by atoms with E-state index in [0.717, 1.165) is 37.4 Å². The predicted molar refractivity (Wildman–Crippen MR) is 84.7 cm³/mol. The molecule has 3 heterocycles. The van der Waals surface area contributed by atoms with E-state index in [4.69, 9.17) is 0 Å². The normalized spacial score (nSPS) is 15.2. The molecular weight excluding hydrogens is 278 g/mol. The molecule has 0 bridgehead atoms. The number of carbonyl (C=O) groups is 1. The summed E-state index contributed by atoms with van der Waals surface area (Å²) in [5, 5.41) is 4.18. The van der Waals surface area contributed by atoms with E-state index in [1.54, 1.807) is 10.9 Å². The van der Waals surface area contributed by atoms with Gasteiger partial charge >= 0.3 is 0 Å². The Morgan fingerprint density at radius 2 is 1.95 bits per heavy atom. The molecule has 2 aromatic heterocycles. The van der Waals surface area contributed by atoms with Gasteiger partial charge in [-0.15, -0.1) is 0 Å². The van der Waals surface area contributed by atoms with Crippen molar-refractivity contribution in [2.75, 3.05) is 31.1 Å². The van der Waals surface area contributed by atoms with Gasteiger partial charge in [-0.3, -0.25) is 14.5 Å². The Bertz CT molecular complexity index is 658. The third-order valence-corrected chi connectivity index (χ3v) is 4.04. The van der Waals surface area contributed by atoms with Crippen LogP contribution in [0.15, 0.2) is 30.9 Å². The fourth-order valence-corrected chi connectivity index (χ4v) is 2.78. The van der Waals surface area contributed by atoms with Gasteiger partial charge in [0.2, 0.25) is 5.91 Å². The number of hydrogen-bond donors (Lipinski definition) is 0. The fourth-order valence-electron chi connectivity index (χ4n) is 2.78. The topological polar surface area (TPSA) is 54.3 Å². The zero-order chi connectivity index (χ0) is 15.5. The number of amides is 1. The maximum absolute atomic E-state index is 12.3. The van der Waals surface area contributed by atoms with Crippen molar-refractivity contribution in [3.63, 3.8) is 0 Å². The average Bonchev–Trinajstić information content (AvgIpc) is 2.93. The van der Waals surface area contributed by atoms with Crippen LogP contribution < -0.4 is 4.90 Å². The monoisotopic (exact) mass is 299 g/mol. The predicted octanol–water partition coefficient (Wildman–Crippen LogP) is 1.24. The van der Waals surface area contributed by atoms with Crippen LogP contribution in [0.1, 0.15) is 11.1 Å². The molecular formula is C16H21N5O. The van der Waals surface area contributed by atoms with E-state index in [9.17, 15) is 4.79 Å². The van der Waals surface area contributed by atoms with Crippen LogP contribution in [-0.2, 0) is 11.3 Å². The van der Waals surface area contributed by atoms with Gasteiger partial charge in [-0.1, -0.05) is 0 Å². The lowest BCUT2D eigenvalue weighted by Crippen LogP contribution is -2.49. The summed E-state index contributed by atoms with van der Waals surface area (Å²) in [6.45, 7) is 7.56. The van der Waals surface area contributed by atoms with E-state index in [2.05, 4.69) is 21.9 Å². The van der Waals surface area contributed by atoms with Crippen molar-refractivity contribution in [3.05, 3.63) is 42.0 Å². The van der Waals surface area contributed by atoms with E-state index >= 15 is 0 Å². The van der Waals surface area contributed by atoms with Crippen LogP contribution in [0.5, 0.6) is 0 Å². The molecule has 2 aromatic rings. The van der Waals surface area contributed by atoms with Crippen LogP contribution in [0, 0.1) is 13.8 Å². The summed E-state index contributed by atoms with van der Waals surface area (Å²) in [7, 11) is 0. The maximum atomic E-state index is 12.3. The minimum Gasteiger partial charge on any atom is -0.367 e. The third kappa shape index (κ3) is 3.10. The van der Waals surface area contributed by atoms with Gasteiger partial charge in [-0.25, -0.2) is 0 Å². The smallest absolute Gasteiger partial charge is 0.244 e. The van der Waals surface area contributed by atoms with Crippen LogP contribution in [0.3, 0.4) is 0 Å². The highest BCUT2D eigenvalue weighted by Gasteiger charge is 2.22. The van der Waals surface area contributed by atoms with Gasteiger partial charge in [0.1, 0.15) is 6.54 Å². The zero-order valence-electron chi connectivity index (χ0n) is 13.1. The summed E-state index contributed by atoms with van der Waals surface area (Å²) in [5.41, 5.74) is 3.46. The van der Waals surface area contributed by atoms with Crippen LogP contribution in [0.2, 0.25) is 0 Å². The van der Waals surface area contributed by atoms with Gasteiger partial charge < -0.3 is 9.80 Å². The van der Waals surface area contributed by atoms with Crippen molar-refractivity contribution in [1.29, 1.82) is 0 Å². The highest BCUT2D eigenvalue weighted by molar-refractivity contribution is 5.76. The molecule has 6 nitrogen and oxygen atoms in total. The first kappa shape index (κ1) is 14.6. The summed E-state index contributed by atoms with van der Waals surface area (Å²) < 4.78 is 1.70. The molecule has 0 radical (unpaired) electrons. The molecule has 116 valence electrons. The van der Waals surface area contributed by atoms with E-state index in [1.807, 2.05) is 36.5 Å². The SMILES string of the molecule is Cc1cnn(CC(=O)N2CCN(c3cnccc3C)CC2)c1. The Hall–Kier alpha value is -2.37. The van der Waals surface area contributed by atoms with Crippen molar-refractivity contribution in [3.8, 4) is 0 Å². The first-order valence-electron chi connectivity index (χ1n) is 7.56. The lowest BCUT2D eigenvalue weighted by molar-refractivity contribution is -0.132. The highest BCUT2D eigenvalue weighted by Crippen LogP contribution is 2.19. The van der Waals surface area contributed by atoms with E-state index in [0.29, 0.717) is 6.54 Å². The molecule has 0 aliphatic carbocycles. The number of aromatic nitrogens is 3. The van der Waals surface area contributed by atoms with Crippen LogP contribution in [-0.4, -0.2) is 51.8 Å². The second-order valence-corrected chi connectivity index (χ2v) is 5.75. The average molecular weight is 299 g/mol. The minimum atomic E-state index is 0.130. The van der Waals surface area contributed by atoms with Crippen molar-refractivity contribution in [1.82, 2.24) is 19.7 Å². The summed E-state index contributed by atoms with van der Waals surface area (Å²) in [5.74, 6) is 0.130. The minimum absolute atomic E-state index is 0.130. The number of rotatable bonds is 3. The molecule has 1 aliphatic rings. The quantitative estimate of drug-likeness (QED) is 0.856. The molecule has 0 spiro atoms. The van der Waals surface area contributed by atoms with Crippen molar-refractivity contribution in [2.24, 2.45) is 0 Å². The number of pyridine rings is 1.